The Morgan fingerprint density at radius 2 is 1.73 bits per heavy atom. The van der Waals surface area contributed by atoms with E-state index < -0.39 is 23.5 Å². The van der Waals surface area contributed by atoms with Crippen molar-refractivity contribution in [2.75, 3.05) is 6.61 Å². The first-order valence-corrected chi connectivity index (χ1v) is 9.17. The van der Waals surface area contributed by atoms with E-state index in [0.717, 1.165) is 5.56 Å². The van der Waals surface area contributed by atoms with Gasteiger partial charge in [0.25, 0.3) is 0 Å². The highest BCUT2D eigenvalue weighted by Gasteiger charge is 2.35. The van der Waals surface area contributed by atoms with Gasteiger partial charge in [-0.3, -0.25) is 9.59 Å². The van der Waals surface area contributed by atoms with Gasteiger partial charge < -0.3 is 14.6 Å². The molecule has 0 saturated heterocycles. The van der Waals surface area contributed by atoms with Gasteiger partial charge in [-0.05, 0) is 44.6 Å². The smallest absolute Gasteiger partial charge is 0.310 e. The van der Waals surface area contributed by atoms with Crippen molar-refractivity contribution in [1.29, 1.82) is 0 Å². The number of aliphatic hydroxyl groups is 1. The zero-order chi connectivity index (χ0) is 19.7. The van der Waals surface area contributed by atoms with E-state index in [4.69, 9.17) is 9.47 Å². The van der Waals surface area contributed by atoms with E-state index in [2.05, 4.69) is 0 Å². The Morgan fingerprint density at radius 1 is 1.12 bits per heavy atom. The molecule has 0 aromatic heterocycles. The van der Waals surface area contributed by atoms with Crippen molar-refractivity contribution in [2.24, 2.45) is 17.8 Å². The third kappa shape index (κ3) is 8.00. The first kappa shape index (κ1) is 22.2. The lowest BCUT2D eigenvalue weighted by molar-refractivity contribution is -0.167. The summed E-state index contributed by atoms with van der Waals surface area (Å²) in [6.45, 7) is 9.48. The first-order chi connectivity index (χ1) is 12.1. The number of carbonyl (C=O) groups is 2. The van der Waals surface area contributed by atoms with Crippen LogP contribution in [-0.4, -0.2) is 29.3 Å². The molecule has 5 heteroatoms. The van der Waals surface area contributed by atoms with E-state index in [-0.39, 0.29) is 31.5 Å². The van der Waals surface area contributed by atoms with Crippen molar-refractivity contribution in [3.05, 3.63) is 35.9 Å². The van der Waals surface area contributed by atoms with Crippen LogP contribution < -0.4 is 0 Å². The highest BCUT2D eigenvalue weighted by molar-refractivity contribution is 5.80. The SMILES string of the molecule is CC(C)C(CCO)[C@H](CC(=O)OCc1ccccc1)C(=O)OC(C)(C)C. The number of hydrogen-bond acceptors (Lipinski definition) is 5. The normalized spacial score (nSPS) is 14.0. The summed E-state index contributed by atoms with van der Waals surface area (Å²) in [5, 5.41) is 9.37. The average Bonchev–Trinajstić information content (AvgIpc) is 2.55. The Hall–Kier alpha value is -1.88. The second kappa shape index (κ2) is 10.3. The van der Waals surface area contributed by atoms with Gasteiger partial charge in [0.05, 0.1) is 12.3 Å². The molecule has 1 unspecified atom stereocenters. The van der Waals surface area contributed by atoms with Gasteiger partial charge in [-0.15, -0.1) is 0 Å². The van der Waals surface area contributed by atoms with Crippen molar-refractivity contribution in [3.63, 3.8) is 0 Å². The highest BCUT2D eigenvalue weighted by atomic mass is 16.6. The average molecular weight is 364 g/mol. The molecule has 0 aliphatic heterocycles. The first-order valence-electron chi connectivity index (χ1n) is 9.17. The third-order valence-corrected chi connectivity index (χ3v) is 4.17. The number of aliphatic hydroxyl groups excluding tert-OH is 1. The maximum Gasteiger partial charge on any atom is 0.310 e. The lowest BCUT2D eigenvalue weighted by Gasteiger charge is -2.30. The molecule has 0 bridgehead atoms. The molecular weight excluding hydrogens is 332 g/mol. The molecule has 0 aliphatic rings. The molecule has 0 amide bonds. The fourth-order valence-electron chi connectivity index (χ4n) is 2.91. The summed E-state index contributed by atoms with van der Waals surface area (Å²) < 4.78 is 10.9. The predicted octanol–water partition coefficient (Wildman–Crippen LogP) is 3.73. The van der Waals surface area contributed by atoms with Gasteiger partial charge in [-0.2, -0.15) is 0 Å². The Labute approximate surface area is 156 Å². The Kier molecular flexibility index (Phi) is 8.79. The van der Waals surface area contributed by atoms with E-state index in [1.807, 2.05) is 44.2 Å². The van der Waals surface area contributed by atoms with Crippen LogP contribution in [-0.2, 0) is 25.7 Å². The lowest BCUT2D eigenvalue weighted by atomic mass is 9.79. The van der Waals surface area contributed by atoms with Gasteiger partial charge in [0, 0.05) is 6.61 Å². The van der Waals surface area contributed by atoms with Gasteiger partial charge in [-0.25, -0.2) is 0 Å². The molecule has 1 N–H and O–H groups in total. The van der Waals surface area contributed by atoms with Crippen LogP contribution >= 0.6 is 0 Å². The van der Waals surface area contributed by atoms with Crippen molar-refractivity contribution in [3.8, 4) is 0 Å². The van der Waals surface area contributed by atoms with E-state index in [9.17, 15) is 14.7 Å². The molecule has 0 saturated carbocycles. The Balaban J connectivity index is 2.82. The monoisotopic (exact) mass is 364 g/mol. The molecule has 0 fully saturated rings. The number of hydrogen-bond donors (Lipinski definition) is 1. The molecule has 0 aliphatic carbocycles. The summed E-state index contributed by atoms with van der Waals surface area (Å²) in [7, 11) is 0. The van der Waals surface area contributed by atoms with Gasteiger partial charge in [-0.1, -0.05) is 44.2 Å². The molecule has 0 spiro atoms. The summed E-state index contributed by atoms with van der Waals surface area (Å²) in [5.74, 6) is -1.51. The quantitative estimate of drug-likeness (QED) is 0.676. The van der Waals surface area contributed by atoms with Gasteiger partial charge in [0.1, 0.15) is 12.2 Å². The van der Waals surface area contributed by atoms with Crippen LogP contribution in [0.5, 0.6) is 0 Å². The van der Waals surface area contributed by atoms with Crippen LogP contribution in [0.2, 0.25) is 0 Å². The van der Waals surface area contributed by atoms with E-state index in [1.165, 1.54) is 0 Å². The maximum atomic E-state index is 12.7. The number of ether oxygens (including phenoxy) is 2. The van der Waals surface area contributed by atoms with Gasteiger partial charge in [0.2, 0.25) is 0 Å². The van der Waals surface area contributed by atoms with Crippen LogP contribution in [0.3, 0.4) is 0 Å². The lowest BCUT2D eigenvalue weighted by Crippen LogP contribution is -2.36. The molecule has 0 radical (unpaired) electrons. The molecule has 1 aromatic carbocycles. The molecule has 5 nitrogen and oxygen atoms in total. The number of benzene rings is 1. The van der Waals surface area contributed by atoms with Gasteiger partial charge in [0.15, 0.2) is 0 Å². The van der Waals surface area contributed by atoms with Crippen molar-refractivity contribution in [2.45, 2.75) is 59.7 Å². The zero-order valence-corrected chi connectivity index (χ0v) is 16.5. The second-order valence-electron chi connectivity index (χ2n) is 7.91. The molecular formula is C21H32O5. The second-order valence-corrected chi connectivity index (χ2v) is 7.91. The summed E-state index contributed by atoms with van der Waals surface area (Å²) in [6.07, 6.45) is 0.387. The standard InChI is InChI=1S/C21H32O5/c1-15(2)17(11-12-22)18(20(24)26-21(3,4)5)13-19(23)25-14-16-9-7-6-8-10-16/h6-10,15,17-18,22H,11-14H2,1-5H3/t17?,18-/m0/s1. The van der Waals surface area contributed by atoms with E-state index in [0.29, 0.717) is 6.42 Å². The van der Waals surface area contributed by atoms with E-state index in [1.54, 1.807) is 20.8 Å². The number of esters is 2. The maximum absolute atomic E-state index is 12.7. The topological polar surface area (TPSA) is 72.8 Å². The van der Waals surface area contributed by atoms with Crippen LogP contribution in [0.15, 0.2) is 30.3 Å². The fourth-order valence-corrected chi connectivity index (χ4v) is 2.91. The molecule has 26 heavy (non-hydrogen) atoms. The van der Waals surface area contributed by atoms with Crippen LogP contribution in [0.4, 0.5) is 0 Å². The Morgan fingerprint density at radius 3 is 2.23 bits per heavy atom. The van der Waals surface area contributed by atoms with Crippen LogP contribution in [0.1, 0.15) is 53.0 Å². The fraction of sp³-hybridized carbons (Fsp3) is 0.619. The van der Waals surface area contributed by atoms with Crippen molar-refractivity contribution >= 4 is 11.9 Å². The van der Waals surface area contributed by atoms with E-state index >= 15 is 0 Å². The summed E-state index contributed by atoms with van der Waals surface area (Å²) in [5.41, 5.74) is 0.259. The highest BCUT2D eigenvalue weighted by Crippen LogP contribution is 2.30. The summed E-state index contributed by atoms with van der Waals surface area (Å²) >= 11 is 0. The number of rotatable bonds is 9. The molecule has 1 aromatic rings. The summed E-state index contributed by atoms with van der Waals surface area (Å²) in [6, 6.07) is 9.40. The molecule has 2 atom stereocenters. The minimum Gasteiger partial charge on any atom is -0.461 e. The predicted molar refractivity (Wildman–Crippen MR) is 100 cm³/mol. The van der Waals surface area contributed by atoms with Crippen molar-refractivity contribution in [1.82, 2.24) is 0 Å². The minimum atomic E-state index is -0.635. The molecule has 146 valence electrons. The zero-order valence-electron chi connectivity index (χ0n) is 16.5. The van der Waals surface area contributed by atoms with Crippen LogP contribution in [0.25, 0.3) is 0 Å². The largest absolute Gasteiger partial charge is 0.461 e. The molecule has 1 rings (SSSR count). The van der Waals surface area contributed by atoms with Gasteiger partial charge >= 0.3 is 11.9 Å². The number of carbonyl (C=O) groups excluding carboxylic acids is 2. The van der Waals surface area contributed by atoms with Crippen molar-refractivity contribution < 1.29 is 24.2 Å². The Bertz CT molecular complexity index is 560. The molecule has 0 heterocycles. The van der Waals surface area contributed by atoms with Crippen LogP contribution in [0, 0.1) is 17.8 Å². The minimum absolute atomic E-state index is 0.0405. The summed E-state index contributed by atoms with van der Waals surface area (Å²) in [4.78, 5) is 25.0. The third-order valence-electron chi connectivity index (χ3n) is 4.17.